The van der Waals surface area contributed by atoms with Gasteiger partial charge in [-0.05, 0) is 30.1 Å². The molecule has 0 saturated heterocycles. The van der Waals surface area contributed by atoms with Gasteiger partial charge in [-0.25, -0.2) is 23.2 Å². The molecule has 0 unspecified atom stereocenters. The number of nitrogens with two attached hydrogens (primary N) is 1. The van der Waals surface area contributed by atoms with E-state index in [1.807, 2.05) is 0 Å². The molecule has 3 N–H and O–H groups in total. The Hall–Kier alpha value is -1.25. The first kappa shape index (κ1) is 9.94. The van der Waals surface area contributed by atoms with Gasteiger partial charge in [0.25, 0.3) is 0 Å². The Bertz CT molecular complexity index is 677. The number of primary sulfonamides is 1. The van der Waals surface area contributed by atoms with Gasteiger partial charge in [0, 0.05) is 0 Å². The maximum absolute atomic E-state index is 11.2. The van der Waals surface area contributed by atoms with Gasteiger partial charge in [0.2, 0.25) is 10.0 Å². The number of sulfonamides is 1. The van der Waals surface area contributed by atoms with E-state index >= 15 is 0 Å². The van der Waals surface area contributed by atoms with Crippen molar-refractivity contribution < 1.29 is 8.42 Å². The number of hydrogen-bond acceptors (Lipinski definition) is 5. The highest BCUT2D eigenvalue weighted by Crippen LogP contribution is 2.25. The maximum Gasteiger partial charge on any atom is 0.238 e. The van der Waals surface area contributed by atoms with Crippen molar-refractivity contribution in [3.63, 3.8) is 0 Å². The fraction of sp³-hybridized carbons (Fsp3) is 0.125. The summed E-state index contributed by atoms with van der Waals surface area (Å²) in [5.74, 6) is 1.64. The maximum atomic E-state index is 11.2. The summed E-state index contributed by atoms with van der Waals surface area (Å²) in [4.78, 5) is 7.50. The highest BCUT2D eigenvalue weighted by Gasteiger charge is 2.18. The molecule has 2 heterocycles. The summed E-state index contributed by atoms with van der Waals surface area (Å²) in [6.45, 7) is 0. The first-order chi connectivity index (χ1) is 7.55. The van der Waals surface area contributed by atoms with Crippen LogP contribution in [0.3, 0.4) is 0 Å². The number of rotatable bonds is 1. The van der Waals surface area contributed by atoms with E-state index in [0.29, 0.717) is 0 Å². The Labute approximate surface area is 96.0 Å². The lowest BCUT2D eigenvalue weighted by Gasteiger charge is -2.01. The number of nitrogens with zero attached hydrogens (tertiary/aromatic N) is 2. The SMILES string of the molecule is NS(=O)(=O)c1ccc2nc3n(c2c1)NSC3. The van der Waals surface area contributed by atoms with Crippen molar-refractivity contribution in [1.82, 2.24) is 9.66 Å². The van der Waals surface area contributed by atoms with E-state index < -0.39 is 10.0 Å². The average molecular weight is 256 g/mol. The van der Waals surface area contributed by atoms with Gasteiger partial charge in [0.1, 0.15) is 5.82 Å². The van der Waals surface area contributed by atoms with Crippen LogP contribution in [0.5, 0.6) is 0 Å². The minimum Gasteiger partial charge on any atom is -0.266 e. The van der Waals surface area contributed by atoms with Crippen molar-refractivity contribution in [2.24, 2.45) is 5.14 Å². The molecule has 16 heavy (non-hydrogen) atoms. The van der Waals surface area contributed by atoms with Crippen molar-refractivity contribution in [3.05, 3.63) is 24.0 Å². The molecule has 0 radical (unpaired) electrons. The van der Waals surface area contributed by atoms with Gasteiger partial charge in [-0.1, -0.05) is 0 Å². The second kappa shape index (κ2) is 3.12. The van der Waals surface area contributed by atoms with Crippen LogP contribution in [0.25, 0.3) is 11.0 Å². The summed E-state index contributed by atoms with van der Waals surface area (Å²) in [6.07, 6.45) is 0. The zero-order chi connectivity index (χ0) is 11.3. The van der Waals surface area contributed by atoms with Gasteiger partial charge in [-0.3, -0.25) is 4.83 Å². The van der Waals surface area contributed by atoms with Crippen LogP contribution in [0.1, 0.15) is 5.82 Å². The predicted octanol–water partition coefficient (Wildman–Crippen LogP) is 0.389. The normalized spacial score (nSPS) is 15.1. The molecule has 0 saturated carbocycles. The number of nitrogens with one attached hydrogen (secondary N) is 1. The number of benzene rings is 1. The highest BCUT2D eigenvalue weighted by molar-refractivity contribution is 7.99. The average Bonchev–Trinajstić information content (AvgIpc) is 2.74. The summed E-state index contributed by atoms with van der Waals surface area (Å²) in [5.41, 5.74) is 1.49. The van der Waals surface area contributed by atoms with E-state index in [1.54, 1.807) is 10.7 Å². The minimum atomic E-state index is -3.67. The Morgan fingerprint density at radius 1 is 1.50 bits per heavy atom. The van der Waals surface area contributed by atoms with Crippen LogP contribution >= 0.6 is 11.9 Å². The van der Waals surface area contributed by atoms with Crippen LogP contribution in [0.4, 0.5) is 0 Å². The molecular weight excluding hydrogens is 248 g/mol. The van der Waals surface area contributed by atoms with Gasteiger partial charge in [-0.2, -0.15) is 0 Å². The number of hydrogen-bond donors (Lipinski definition) is 2. The Kier molecular flexibility index (Phi) is 1.94. The van der Waals surface area contributed by atoms with Crippen molar-refractivity contribution in [2.45, 2.75) is 10.6 Å². The molecule has 1 aromatic carbocycles. The summed E-state index contributed by atoms with van der Waals surface area (Å²) < 4.78 is 24.2. The molecule has 0 spiro atoms. The first-order valence-corrected chi connectivity index (χ1v) is 7.01. The van der Waals surface area contributed by atoms with Gasteiger partial charge in [0.15, 0.2) is 0 Å². The third-order valence-corrected chi connectivity index (χ3v) is 4.01. The van der Waals surface area contributed by atoms with Crippen LogP contribution in [0, 0.1) is 0 Å². The summed E-state index contributed by atoms with van der Waals surface area (Å²) in [5, 5.41) is 5.08. The smallest absolute Gasteiger partial charge is 0.238 e. The van der Waals surface area contributed by atoms with Crippen molar-refractivity contribution in [1.29, 1.82) is 0 Å². The first-order valence-electron chi connectivity index (χ1n) is 4.48. The number of fused-ring (bicyclic) bond motifs is 3. The highest BCUT2D eigenvalue weighted by atomic mass is 32.2. The molecule has 8 heteroatoms. The molecule has 1 aromatic heterocycles. The van der Waals surface area contributed by atoms with Gasteiger partial charge >= 0.3 is 0 Å². The van der Waals surface area contributed by atoms with Crippen LogP contribution < -0.4 is 9.97 Å². The molecule has 1 aliphatic rings. The third-order valence-electron chi connectivity index (χ3n) is 2.38. The lowest BCUT2D eigenvalue weighted by molar-refractivity contribution is 0.598. The monoisotopic (exact) mass is 256 g/mol. The summed E-state index contributed by atoms with van der Waals surface area (Å²) >= 11 is 1.51. The van der Waals surface area contributed by atoms with Crippen LogP contribution in [0.15, 0.2) is 23.1 Å². The predicted molar refractivity (Wildman–Crippen MR) is 61.8 cm³/mol. The van der Waals surface area contributed by atoms with Crippen molar-refractivity contribution in [2.75, 3.05) is 4.83 Å². The third kappa shape index (κ3) is 1.38. The fourth-order valence-corrected chi connectivity index (χ4v) is 2.90. The Morgan fingerprint density at radius 3 is 3.06 bits per heavy atom. The van der Waals surface area contributed by atoms with E-state index in [0.717, 1.165) is 22.6 Å². The molecule has 2 aromatic rings. The molecule has 0 amide bonds. The number of aromatic nitrogens is 2. The topological polar surface area (TPSA) is 90.0 Å². The van der Waals surface area contributed by atoms with Crippen molar-refractivity contribution in [3.8, 4) is 0 Å². The van der Waals surface area contributed by atoms with E-state index in [4.69, 9.17) is 5.14 Å². The molecule has 0 atom stereocenters. The van der Waals surface area contributed by atoms with E-state index in [9.17, 15) is 8.42 Å². The van der Waals surface area contributed by atoms with Crippen LogP contribution in [-0.4, -0.2) is 18.1 Å². The molecule has 0 fully saturated rings. The zero-order valence-corrected chi connectivity index (χ0v) is 9.68. The van der Waals surface area contributed by atoms with E-state index in [2.05, 4.69) is 9.82 Å². The molecule has 84 valence electrons. The standard InChI is InChI=1S/C8H8N4O2S2/c9-16(13,14)5-1-2-6-7(3-5)12-8(10-6)4-15-11-12/h1-3,11H,4H2,(H2,9,13,14). The number of imidazole rings is 1. The molecule has 0 aliphatic carbocycles. The Morgan fingerprint density at radius 2 is 2.31 bits per heavy atom. The van der Waals surface area contributed by atoms with E-state index in [-0.39, 0.29) is 4.90 Å². The summed E-state index contributed by atoms with van der Waals surface area (Å²) in [7, 11) is -3.67. The zero-order valence-electron chi connectivity index (χ0n) is 8.04. The lowest BCUT2D eigenvalue weighted by atomic mass is 10.3. The quantitative estimate of drug-likeness (QED) is 0.720. The van der Waals surface area contributed by atoms with Gasteiger partial charge in [-0.15, -0.1) is 0 Å². The molecule has 6 nitrogen and oxygen atoms in total. The molecule has 0 bridgehead atoms. The van der Waals surface area contributed by atoms with E-state index in [1.165, 1.54) is 24.1 Å². The second-order valence-electron chi connectivity index (χ2n) is 3.44. The Balaban J connectivity index is 2.32. The minimum absolute atomic E-state index is 0.0985. The second-order valence-corrected chi connectivity index (χ2v) is 5.76. The molecule has 3 rings (SSSR count). The van der Waals surface area contributed by atoms with Crippen molar-refractivity contribution >= 4 is 33.0 Å². The van der Waals surface area contributed by atoms with Crippen LogP contribution in [-0.2, 0) is 15.8 Å². The van der Waals surface area contributed by atoms with Gasteiger partial charge < -0.3 is 0 Å². The molecular formula is C8H8N4O2S2. The lowest BCUT2D eigenvalue weighted by Crippen LogP contribution is -2.12. The fourth-order valence-electron chi connectivity index (χ4n) is 1.64. The van der Waals surface area contributed by atoms with Crippen LogP contribution in [0.2, 0.25) is 0 Å². The molecule has 1 aliphatic heterocycles. The summed E-state index contributed by atoms with van der Waals surface area (Å²) in [6, 6.07) is 4.65. The largest absolute Gasteiger partial charge is 0.266 e. The van der Waals surface area contributed by atoms with Gasteiger partial charge in [0.05, 0.1) is 21.7 Å².